The summed E-state index contributed by atoms with van der Waals surface area (Å²) in [6, 6.07) is 92.9. The lowest BCUT2D eigenvalue weighted by atomic mass is 10.1. The van der Waals surface area contributed by atoms with Crippen LogP contribution >= 0.6 is 23.5 Å². The fraction of sp³-hybridized carbons (Fsp3) is 0.262. The summed E-state index contributed by atoms with van der Waals surface area (Å²) >= 11 is 3.20. The molecular weight excluding hydrogens is 1820 g/mol. The van der Waals surface area contributed by atoms with Crippen molar-refractivity contribution < 1.29 is 85.7 Å². The lowest BCUT2D eigenvalue weighted by Crippen LogP contribution is -2.22. The highest BCUT2D eigenvalue weighted by Crippen LogP contribution is 2.13. The maximum Gasteiger partial charge on any atom is 0.407 e. The van der Waals surface area contributed by atoms with Gasteiger partial charge in [-0.25, -0.2) is 34.1 Å². The predicted molar refractivity (Wildman–Crippen MR) is 558 cm³/mol. The molecule has 33 heteroatoms. The largest absolute Gasteiger partial charge is 0.497 e. The Bertz CT molecular complexity index is 4810. The summed E-state index contributed by atoms with van der Waals surface area (Å²) in [5.74, 6) is 0.310. The number of methoxy groups -OCH3 is 8. The number of amides is 6. The molecule has 0 saturated heterocycles. The quantitative estimate of drug-likeness (QED) is 0.00529. The van der Waals surface area contributed by atoms with E-state index in [1.807, 2.05) is 245 Å². The van der Waals surface area contributed by atoms with Gasteiger partial charge < -0.3 is 89.1 Å². The van der Waals surface area contributed by atoms with Gasteiger partial charge in [-0.2, -0.15) is 0 Å². The van der Waals surface area contributed by atoms with Crippen LogP contribution in [0.25, 0.3) is 0 Å². The number of rotatable bonds is 27. The molecule has 8 aromatic carbocycles. The van der Waals surface area contributed by atoms with Gasteiger partial charge in [0.15, 0.2) is 5.16 Å². The van der Waals surface area contributed by atoms with E-state index >= 15 is 0 Å². The maximum atomic E-state index is 10.9. The number of benzene rings is 8. The zero-order valence-electron chi connectivity index (χ0n) is 83.3. The molecule has 31 nitrogen and oxygen atoms in total. The highest BCUT2D eigenvalue weighted by molar-refractivity contribution is 7.98. The van der Waals surface area contributed by atoms with Crippen molar-refractivity contribution in [3.8, 4) is 5.75 Å². The first kappa shape index (κ1) is 127. The first-order valence-corrected chi connectivity index (χ1v) is 45.7. The minimum Gasteiger partial charge on any atom is -0.497 e. The highest BCUT2D eigenvalue weighted by atomic mass is 32.2. The Kier molecular flexibility index (Phi) is 81.9. The zero-order valence-corrected chi connectivity index (χ0v) is 85.0. The van der Waals surface area contributed by atoms with Gasteiger partial charge in [0, 0.05) is 124 Å². The molecule has 12 rings (SSSR count). The van der Waals surface area contributed by atoms with Gasteiger partial charge in [0.05, 0.1) is 85.9 Å². The maximum absolute atomic E-state index is 10.9. The Hall–Kier alpha value is -15.1. The van der Waals surface area contributed by atoms with Crippen LogP contribution in [0.5, 0.6) is 5.75 Å². The van der Waals surface area contributed by atoms with Gasteiger partial charge in [0.1, 0.15) is 19.1 Å². The molecule has 4 aromatic heterocycles. The Balaban J connectivity index is 0. The molecule has 4 heterocycles. The van der Waals surface area contributed by atoms with E-state index in [0.29, 0.717) is 64.7 Å². The number of thioether (sulfide) groups is 2. The second kappa shape index (κ2) is 90.3. The summed E-state index contributed by atoms with van der Waals surface area (Å²) in [7, 11) is 24.6. The number of hydrogen-bond acceptors (Lipinski definition) is 27. The number of pyridine rings is 3. The summed E-state index contributed by atoms with van der Waals surface area (Å²) in [4.78, 5) is 109. The molecule has 0 aliphatic carbocycles. The van der Waals surface area contributed by atoms with Crippen molar-refractivity contribution in [1.29, 1.82) is 0 Å². The molecule has 0 aliphatic heterocycles. The highest BCUT2D eigenvalue weighted by Gasteiger charge is 2.06. The number of ether oxygens (including phenoxy) is 10. The van der Waals surface area contributed by atoms with E-state index in [2.05, 4.69) is 159 Å². The van der Waals surface area contributed by atoms with E-state index in [-0.39, 0.29) is 30.2 Å². The fourth-order valence-electron chi connectivity index (χ4n) is 9.39. The fourth-order valence-corrected chi connectivity index (χ4v) is 10.1. The van der Waals surface area contributed by atoms with Crippen molar-refractivity contribution in [1.82, 2.24) is 61.7 Å². The van der Waals surface area contributed by atoms with Crippen LogP contribution < -0.4 is 41.5 Å². The van der Waals surface area contributed by atoms with Gasteiger partial charge in [-0.3, -0.25) is 29.1 Å². The zero-order chi connectivity index (χ0) is 104. The third-order valence-electron chi connectivity index (χ3n) is 16.3. The smallest absolute Gasteiger partial charge is 0.407 e. The second-order valence-electron chi connectivity index (χ2n) is 27.5. The average Bonchev–Trinajstić information content (AvgIpc) is 0.898. The Morgan fingerprint density at radius 3 is 1.21 bits per heavy atom. The number of likely N-dealkylation sites (N-methyl/N-ethyl adjacent to an activating group) is 1. The molecular formula is C107H139N13O18S2. The molecule has 0 saturated carbocycles. The first-order valence-electron chi connectivity index (χ1n) is 43.3. The van der Waals surface area contributed by atoms with Crippen LogP contribution in [-0.2, 0) is 109 Å². The number of carbonyl (C=O) groups is 8. The molecule has 12 aromatic rings. The van der Waals surface area contributed by atoms with Crippen LogP contribution in [0, 0.1) is 0 Å². The summed E-state index contributed by atoms with van der Waals surface area (Å²) in [6.45, 7) is 11.2. The van der Waals surface area contributed by atoms with Gasteiger partial charge >= 0.3 is 36.3 Å². The Labute approximate surface area is 835 Å². The van der Waals surface area contributed by atoms with Gasteiger partial charge in [-0.1, -0.05) is 242 Å². The molecule has 0 unspecified atom stereocenters. The number of nitrogens with zero attached hydrogens (tertiary/aromatic N) is 7. The third kappa shape index (κ3) is 76.1. The molecule has 0 aliphatic rings. The number of anilines is 1. The van der Waals surface area contributed by atoms with Crippen LogP contribution in [-0.4, -0.2) is 217 Å². The molecule has 0 atom stereocenters. The van der Waals surface area contributed by atoms with E-state index in [0.717, 1.165) is 56.0 Å². The van der Waals surface area contributed by atoms with Gasteiger partial charge in [0.25, 0.3) is 5.91 Å². The van der Waals surface area contributed by atoms with Crippen molar-refractivity contribution >= 4 is 77.3 Å². The van der Waals surface area contributed by atoms with E-state index in [1.54, 1.807) is 145 Å². The molecule has 0 fully saturated rings. The number of para-hydroxylation sites is 1. The number of nitrogens with one attached hydrogen (secondary N) is 6. The van der Waals surface area contributed by atoms with Crippen molar-refractivity contribution in [2.24, 2.45) is 0 Å². The standard InChI is InChI=1S/C10H13NO3.2C9H11NO2.C9H11NO.C9H13N.C9H12O2.2C8H9NO2.C8H9NO.C8H11N.C6H7NS.C5H6N2S.C5H9NO2.C4H8O/c1-13-9-5-3-8(4-6-9)7-11-10(12)14-2;1-12-9(11)10-7-8-5-3-2-4-6-8;1-10-9(11)12-7-8-5-3-2-4-6-8;1-10-9(11)7-8-5-3-2-4-6-8;1-10(2)8-9-6-4-3-5-7-9;1-10-8-11-7-9-5-3-2-4-6-9;1-11-8(10)5-7-3-2-4-9-6-7;1-11-8(10)6-7-4-2-3-5-9-7;1-9-8(10)7-5-3-2-4-6-7;1-9(2)8-6-4-3-5-7-8;1-8-6-4-2-3-5-7-6;1-8-5-6-3-2-4-7-5;1-3-4-6-5(7)8-2;1-3-4-5-2/h3-6H,7H2,1-2H3,(H,11,12);2*2-6H,7H2,1H3,(H,10,11);2-6H,7H2,1H3,(H,10,11);3-7H,8H2,1-2H3;2-6H,7-8H2,1H3;2-4,6H,5H2,1H3;2-5H,6H2,1H3;2-6H,1H3,(H,9,10);3-7H,1-2H3;2-5H,1H3;2-4H,1H3;3H,1,4H2,2H3,(H,6,7);3H,1,4H2,2H3. The Morgan fingerprint density at radius 2 is 0.836 bits per heavy atom. The van der Waals surface area contributed by atoms with Crippen LogP contribution in [0.3, 0.4) is 0 Å². The summed E-state index contributed by atoms with van der Waals surface area (Å²) in [5, 5.41) is 17.0. The molecule has 0 radical (unpaired) electrons. The van der Waals surface area contributed by atoms with E-state index in [1.165, 1.54) is 59.4 Å². The van der Waals surface area contributed by atoms with E-state index in [9.17, 15) is 38.4 Å². The molecule has 0 spiro atoms. The van der Waals surface area contributed by atoms with Crippen LogP contribution in [0.15, 0.2) is 364 Å². The lowest BCUT2D eigenvalue weighted by molar-refractivity contribution is -0.140. The van der Waals surface area contributed by atoms with E-state index in [4.69, 9.17) is 18.9 Å². The van der Waals surface area contributed by atoms with Crippen LogP contribution in [0.4, 0.5) is 24.9 Å². The summed E-state index contributed by atoms with van der Waals surface area (Å²) in [6.07, 6.45) is 16.8. The van der Waals surface area contributed by atoms with Crippen LogP contribution in [0.1, 0.15) is 55.0 Å². The van der Waals surface area contributed by atoms with Gasteiger partial charge in [-0.05, 0) is 138 Å². The van der Waals surface area contributed by atoms with Crippen molar-refractivity contribution in [3.63, 3.8) is 0 Å². The third-order valence-corrected chi connectivity index (χ3v) is 17.6. The first-order chi connectivity index (χ1) is 67.8. The minimum absolute atomic E-state index is 0.0411. The SMILES string of the molecule is C=CCNC(=O)OC.C=CCOC.CN(C)Cc1ccccc1.CN(C)c1ccccc1.CNC(=O)Cc1ccccc1.CNC(=O)OCc1ccccc1.CNC(=O)c1ccccc1.COC(=O)Cc1ccccn1.COC(=O)Cc1cccnc1.COC(=O)NCc1ccc(OC)cc1.COC(=O)NCc1ccccc1.COCOCc1ccccc1.CSc1ccccn1.CSc1ncccn1. The number of carbonyl (C=O) groups excluding carboxylic acids is 8. The molecule has 752 valence electrons. The van der Waals surface area contributed by atoms with E-state index < -0.39 is 24.4 Å². The second-order valence-corrected chi connectivity index (χ2v) is 29.1. The number of esters is 2. The lowest BCUT2D eigenvalue weighted by Gasteiger charge is -2.10. The monoisotopic (exact) mass is 1960 g/mol. The number of alkyl carbamates (subject to hydrolysis) is 4. The molecule has 6 amide bonds. The van der Waals surface area contributed by atoms with Crippen LogP contribution in [0.2, 0.25) is 0 Å². The molecule has 6 N–H and O–H groups in total. The van der Waals surface area contributed by atoms with Crippen molar-refractivity contribution in [3.05, 3.63) is 404 Å². The van der Waals surface area contributed by atoms with Gasteiger partial charge in [-0.15, -0.1) is 24.9 Å². The number of hydrogen-bond donors (Lipinski definition) is 6. The topological polar surface area (TPSA) is 372 Å². The predicted octanol–water partition coefficient (Wildman–Crippen LogP) is 17.9. The van der Waals surface area contributed by atoms with Crippen molar-refractivity contribution in [2.45, 2.75) is 62.3 Å². The van der Waals surface area contributed by atoms with Crippen molar-refractivity contribution in [2.75, 3.05) is 144 Å². The summed E-state index contributed by atoms with van der Waals surface area (Å²) in [5.41, 5.74) is 10.2. The Morgan fingerprint density at radius 1 is 0.386 bits per heavy atom. The normalized spacial score (nSPS) is 9.13. The average molecular weight is 1960 g/mol. The minimum atomic E-state index is -0.430. The molecule has 140 heavy (non-hydrogen) atoms. The summed E-state index contributed by atoms with van der Waals surface area (Å²) < 4.78 is 46.4. The van der Waals surface area contributed by atoms with Gasteiger partial charge in [0.2, 0.25) is 5.91 Å². The number of aromatic nitrogens is 5. The molecule has 0 bridgehead atoms.